The Morgan fingerprint density at radius 2 is 1.74 bits per heavy atom. The van der Waals surface area contributed by atoms with E-state index in [0.29, 0.717) is 46.7 Å². The summed E-state index contributed by atoms with van der Waals surface area (Å²) in [4.78, 5) is 27.5. The van der Waals surface area contributed by atoms with E-state index in [4.69, 9.17) is 32.7 Å². The maximum absolute atomic E-state index is 13.6. The van der Waals surface area contributed by atoms with Gasteiger partial charge in [0, 0.05) is 19.7 Å². The normalized spacial score (nSPS) is 13.6. The maximum atomic E-state index is 13.6. The van der Waals surface area contributed by atoms with Crippen molar-refractivity contribution in [3.63, 3.8) is 0 Å². The summed E-state index contributed by atoms with van der Waals surface area (Å²) >= 11 is 12.1. The molecule has 0 bridgehead atoms. The number of nitrogens with one attached hydrogen (secondary N) is 1. The van der Waals surface area contributed by atoms with Gasteiger partial charge in [0.15, 0.2) is 11.5 Å². The Morgan fingerprint density at radius 1 is 1.06 bits per heavy atom. The van der Waals surface area contributed by atoms with Crippen LogP contribution in [0.4, 0.5) is 5.69 Å². The van der Waals surface area contributed by atoms with Crippen molar-refractivity contribution in [1.82, 2.24) is 10.2 Å². The summed E-state index contributed by atoms with van der Waals surface area (Å²) in [5.41, 5.74) is 0.882. The Morgan fingerprint density at radius 3 is 2.34 bits per heavy atom. The molecule has 1 atom stereocenters. The number of amides is 2. The van der Waals surface area contributed by atoms with Gasteiger partial charge in [0.2, 0.25) is 21.8 Å². The minimum Gasteiger partial charge on any atom is -0.486 e. The second-order valence-electron chi connectivity index (χ2n) is 7.91. The monoisotopic (exact) mass is 543 g/mol. The Labute approximate surface area is 214 Å². The first kappa shape index (κ1) is 26.9. The molecule has 0 saturated carbocycles. The number of benzene rings is 2. The van der Waals surface area contributed by atoms with Crippen LogP contribution >= 0.6 is 23.2 Å². The summed E-state index contributed by atoms with van der Waals surface area (Å²) in [5.74, 6) is -0.0519. The Balaban J connectivity index is 1.96. The van der Waals surface area contributed by atoms with Gasteiger partial charge in [0.05, 0.1) is 22.0 Å². The first-order valence-electron chi connectivity index (χ1n) is 10.9. The van der Waals surface area contributed by atoms with Crippen LogP contribution in [-0.2, 0) is 26.2 Å². The zero-order valence-electron chi connectivity index (χ0n) is 19.6. The highest BCUT2D eigenvalue weighted by Gasteiger charge is 2.32. The van der Waals surface area contributed by atoms with Gasteiger partial charge < -0.3 is 19.7 Å². The SMILES string of the molecule is CC[C@H](C(=O)NC)N(Cc1ccc(Cl)c(Cl)c1)C(=O)CN(c1ccc2c(c1)OCCO2)S(C)(=O)=O. The van der Waals surface area contributed by atoms with Gasteiger partial charge in [-0.25, -0.2) is 8.42 Å². The predicted octanol–water partition coefficient (Wildman–Crippen LogP) is 3.08. The number of hydrogen-bond donors (Lipinski definition) is 1. The number of ether oxygens (including phenoxy) is 2. The van der Waals surface area contributed by atoms with Gasteiger partial charge in [-0.05, 0) is 36.2 Å². The minimum atomic E-state index is -3.87. The standard InChI is InChI=1S/C23H27Cl2N3O6S/c1-4-19(23(30)26-2)27(13-15-5-7-17(24)18(25)11-15)22(29)14-28(35(3,31)32)16-6-8-20-21(12-16)34-10-9-33-20/h5-8,11-12,19H,4,9-10,13-14H2,1-3H3,(H,26,30)/t19-/m1/s1. The highest BCUT2D eigenvalue weighted by Crippen LogP contribution is 2.35. The third-order valence-electron chi connectivity index (χ3n) is 5.46. The Bertz CT molecular complexity index is 1210. The fourth-order valence-corrected chi connectivity index (χ4v) is 4.88. The lowest BCUT2D eigenvalue weighted by Crippen LogP contribution is -2.51. The first-order chi connectivity index (χ1) is 16.5. The summed E-state index contributed by atoms with van der Waals surface area (Å²) in [6, 6.07) is 8.73. The second kappa shape index (κ2) is 11.4. The number of hydrogen-bond acceptors (Lipinski definition) is 6. The molecule has 1 aliphatic heterocycles. The average molecular weight is 544 g/mol. The van der Waals surface area contributed by atoms with Crippen LogP contribution in [0.15, 0.2) is 36.4 Å². The quantitative estimate of drug-likeness (QED) is 0.521. The number of sulfonamides is 1. The van der Waals surface area contributed by atoms with E-state index in [2.05, 4.69) is 5.32 Å². The minimum absolute atomic E-state index is 0.0282. The molecule has 3 rings (SSSR count). The van der Waals surface area contributed by atoms with Crippen LogP contribution in [0.2, 0.25) is 10.0 Å². The Hall–Kier alpha value is -2.69. The van der Waals surface area contributed by atoms with Gasteiger partial charge in [0.1, 0.15) is 25.8 Å². The van der Waals surface area contributed by atoms with Crippen LogP contribution < -0.4 is 19.1 Å². The molecule has 190 valence electrons. The lowest BCUT2D eigenvalue weighted by Gasteiger charge is -2.32. The van der Waals surface area contributed by atoms with E-state index in [1.807, 2.05) is 0 Å². The molecular weight excluding hydrogens is 517 g/mol. The van der Waals surface area contributed by atoms with Crippen molar-refractivity contribution < 1.29 is 27.5 Å². The third-order valence-corrected chi connectivity index (χ3v) is 7.34. The summed E-state index contributed by atoms with van der Waals surface area (Å²) < 4.78 is 37.4. The van der Waals surface area contributed by atoms with Crippen molar-refractivity contribution in [3.05, 3.63) is 52.0 Å². The molecule has 0 spiro atoms. The van der Waals surface area contributed by atoms with E-state index in [0.717, 1.165) is 10.6 Å². The molecular formula is C23H27Cl2N3O6S. The number of likely N-dealkylation sites (N-methyl/N-ethyl adjacent to an activating group) is 1. The molecule has 2 amide bonds. The highest BCUT2D eigenvalue weighted by atomic mass is 35.5. The van der Waals surface area contributed by atoms with Gasteiger partial charge in [-0.15, -0.1) is 0 Å². The van der Waals surface area contributed by atoms with E-state index in [1.54, 1.807) is 37.3 Å². The fourth-order valence-electron chi connectivity index (χ4n) is 3.72. The van der Waals surface area contributed by atoms with E-state index in [9.17, 15) is 18.0 Å². The molecule has 0 saturated heterocycles. The molecule has 0 radical (unpaired) electrons. The number of fused-ring (bicyclic) bond motifs is 1. The van der Waals surface area contributed by atoms with E-state index in [1.165, 1.54) is 18.0 Å². The van der Waals surface area contributed by atoms with Crippen molar-refractivity contribution >= 4 is 50.7 Å². The van der Waals surface area contributed by atoms with Crippen LogP contribution in [-0.4, -0.2) is 64.2 Å². The van der Waals surface area contributed by atoms with Gasteiger partial charge >= 0.3 is 0 Å². The molecule has 2 aromatic carbocycles. The largest absolute Gasteiger partial charge is 0.486 e. The number of rotatable bonds is 9. The van der Waals surface area contributed by atoms with E-state index >= 15 is 0 Å². The summed E-state index contributed by atoms with van der Waals surface area (Å²) in [5, 5.41) is 3.22. The van der Waals surface area contributed by atoms with Gasteiger partial charge in [-0.3, -0.25) is 13.9 Å². The number of carbonyl (C=O) groups is 2. The molecule has 9 nitrogen and oxygen atoms in total. The van der Waals surface area contributed by atoms with Crippen molar-refractivity contribution in [2.45, 2.75) is 25.9 Å². The number of carbonyl (C=O) groups excluding carboxylic acids is 2. The maximum Gasteiger partial charge on any atom is 0.244 e. The second-order valence-corrected chi connectivity index (χ2v) is 10.6. The molecule has 35 heavy (non-hydrogen) atoms. The molecule has 0 aliphatic carbocycles. The zero-order chi connectivity index (χ0) is 25.8. The van der Waals surface area contributed by atoms with Crippen molar-refractivity contribution in [2.24, 2.45) is 0 Å². The van der Waals surface area contributed by atoms with Crippen LogP contribution in [0.5, 0.6) is 11.5 Å². The summed E-state index contributed by atoms with van der Waals surface area (Å²) in [6.45, 7) is 2.00. The van der Waals surface area contributed by atoms with Crippen molar-refractivity contribution in [1.29, 1.82) is 0 Å². The van der Waals surface area contributed by atoms with Crippen LogP contribution in [0.3, 0.4) is 0 Å². The molecule has 0 unspecified atom stereocenters. The number of anilines is 1. The van der Waals surface area contributed by atoms with Crippen LogP contribution in [0.1, 0.15) is 18.9 Å². The molecule has 0 aromatic heterocycles. The average Bonchev–Trinajstić information content (AvgIpc) is 2.83. The molecule has 12 heteroatoms. The van der Waals surface area contributed by atoms with Crippen molar-refractivity contribution in [2.75, 3.05) is 37.4 Å². The number of nitrogens with zero attached hydrogens (tertiary/aromatic N) is 2. The smallest absolute Gasteiger partial charge is 0.244 e. The Kier molecular flexibility index (Phi) is 8.74. The topological polar surface area (TPSA) is 105 Å². The molecule has 0 fully saturated rings. The highest BCUT2D eigenvalue weighted by molar-refractivity contribution is 7.92. The van der Waals surface area contributed by atoms with Gasteiger partial charge in [-0.2, -0.15) is 0 Å². The molecule has 1 aliphatic rings. The van der Waals surface area contributed by atoms with Gasteiger partial charge in [0.25, 0.3) is 0 Å². The van der Waals surface area contributed by atoms with Crippen LogP contribution in [0.25, 0.3) is 0 Å². The van der Waals surface area contributed by atoms with Gasteiger partial charge in [-0.1, -0.05) is 36.2 Å². The fraction of sp³-hybridized carbons (Fsp3) is 0.391. The van der Waals surface area contributed by atoms with E-state index in [-0.39, 0.29) is 18.1 Å². The molecule has 1 heterocycles. The first-order valence-corrected chi connectivity index (χ1v) is 13.5. The van der Waals surface area contributed by atoms with E-state index < -0.39 is 28.5 Å². The van der Waals surface area contributed by atoms with Crippen molar-refractivity contribution in [3.8, 4) is 11.5 Å². The number of halogens is 2. The summed E-state index contributed by atoms with van der Waals surface area (Å²) in [7, 11) is -2.39. The summed E-state index contributed by atoms with van der Waals surface area (Å²) in [6.07, 6.45) is 1.33. The zero-order valence-corrected chi connectivity index (χ0v) is 21.9. The lowest BCUT2D eigenvalue weighted by atomic mass is 10.1. The lowest BCUT2D eigenvalue weighted by molar-refractivity contribution is -0.140. The third kappa shape index (κ3) is 6.50. The van der Waals surface area contributed by atoms with Crippen LogP contribution in [0, 0.1) is 0 Å². The predicted molar refractivity (Wildman–Crippen MR) is 135 cm³/mol. The molecule has 2 aromatic rings. The molecule has 1 N–H and O–H groups in total.